The minimum absolute atomic E-state index is 0.0769. The van der Waals surface area contributed by atoms with Crippen LogP contribution < -0.4 is 0 Å². The van der Waals surface area contributed by atoms with Crippen molar-refractivity contribution in [3.63, 3.8) is 0 Å². The summed E-state index contributed by atoms with van der Waals surface area (Å²) in [7, 11) is 0. The SMILES string of the molecule is CCOC(C)OC(c1noc(C(C)(C)C)n1)[C@H]1C[C@H](F)CN1C(=O)OC(C)(C)C. The molecule has 1 fully saturated rings. The van der Waals surface area contributed by atoms with E-state index in [1.165, 1.54) is 4.90 Å². The first-order chi connectivity index (χ1) is 13.3. The van der Waals surface area contributed by atoms with E-state index in [1.807, 2.05) is 27.7 Å². The lowest BCUT2D eigenvalue weighted by Crippen LogP contribution is -2.44. The van der Waals surface area contributed by atoms with Gasteiger partial charge in [-0.05, 0) is 34.6 Å². The zero-order valence-corrected chi connectivity index (χ0v) is 18.7. The van der Waals surface area contributed by atoms with E-state index >= 15 is 0 Å². The number of likely N-dealkylation sites (tertiary alicyclic amines) is 1. The van der Waals surface area contributed by atoms with Gasteiger partial charge in [0.05, 0.1) is 12.6 Å². The van der Waals surface area contributed by atoms with Crippen molar-refractivity contribution in [3.8, 4) is 0 Å². The first-order valence-electron chi connectivity index (χ1n) is 10.1. The molecule has 2 rings (SSSR count). The molecule has 9 heteroatoms. The van der Waals surface area contributed by atoms with E-state index in [9.17, 15) is 9.18 Å². The van der Waals surface area contributed by atoms with Crippen LogP contribution in [0.1, 0.15) is 79.6 Å². The predicted molar refractivity (Wildman–Crippen MR) is 104 cm³/mol. The van der Waals surface area contributed by atoms with Gasteiger partial charge in [-0.2, -0.15) is 4.98 Å². The predicted octanol–water partition coefficient (Wildman–Crippen LogP) is 4.15. The maximum atomic E-state index is 14.4. The van der Waals surface area contributed by atoms with Crippen molar-refractivity contribution < 1.29 is 27.9 Å². The smallest absolute Gasteiger partial charge is 0.410 e. The van der Waals surface area contributed by atoms with E-state index in [1.54, 1.807) is 27.7 Å². The zero-order chi connectivity index (χ0) is 22.0. The first-order valence-corrected chi connectivity index (χ1v) is 10.1. The number of amides is 1. The van der Waals surface area contributed by atoms with Gasteiger partial charge in [-0.15, -0.1) is 0 Å². The fourth-order valence-electron chi connectivity index (χ4n) is 3.09. The quantitative estimate of drug-likeness (QED) is 0.645. The Bertz CT molecular complexity index is 682. The summed E-state index contributed by atoms with van der Waals surface area (Å²) in [5.74, 6) is 0.693. The minimum Gasteiger partial charge on any atom is -0.444 e. The number of carbonyl (C=O) groups is 1. The van der Waals surface area contributed by atoms with E-state index in [0.717, 1.165) is 0 Å². The molecule has 1 aromatic rings. The van der Waals surface area contributed by atoms with E-state index in [0.29, 0.717) is 12.5 Å². The molecule has 2 unspecified atom stereocenters. The molecule has 1 aromatic heterocycles. The summed E-state index contributed by atoms with van der Waals surface area (Å²) in [5.41, 5.74) is -1.05. The molecular formula is C20H34FN3O5. The third-order valence-corrected chi connectivity index (χ3v) is 4.35. The van der Waals surface area contributed by atoms with E-state index < -0.39 is 36.3 Å². The van der Waals surface area contributed by atoms with Gasteiger partial charge in [0, 0.05) is 18.4 Å². The molecule has 1 saturated heterocycles. The summed E-state index contributed by atoms with van der Waals surface area (Å²) in [5, 5.41) is 4.07. The second kappa shape index (κ2) is 8.95. The van der Waals surface area contributed by atoms with Gasteiger partial charge in [0.25, 0.3) is 0 Å². The number of alkyl halides is 1. The molecule has 0 spiro atoms. The van der Waals surface area contributed by atoms with Crippen molar-refractivity contribution in [2.24, 2.45) is 0 Å². The zero-order valence-electron chi connectivity index (χ0n) is 18.7. The van der Waals surface area contributed by atoms with E-state index in [4.69, 9.17) is 18.7 Å². The van der Waals surface area contributed by atoms with E-state index in [-0.39, 0.29) is 24.2 Å². The molecule has 0 aliphatic carbocycles. The number of hydrogen-bond acceptors (Lipinski definition) is 7. The Hall–Kier alpha value is -1.74. The fraction of sp³-hybridized carbons (Fsp3) is 0.850. The van der Waals surface area contributed by atoms with Crippen LogP contribution in [0.15, 0.2) is 4.52 Å². The highest BCUT2D eigenvalue weighted by Gasteiger charge is 2.45. The van der Waals surface area contributed by atoms with Crippen molar-refractivity contribution in [2.75, 3.05) is 13.2 Å². The fourth-order valence-corrected chi connectivity index (χ4v) is 3.09. The minimum atomic E-state index is -1.20. The Morgan fingerprint density at radius 1 is 1.31 bits per heavy atom. The van der Waals surface area contributed by atoms with Crippen LogP contribution in [0.25, 0.3) is 0 Å². The maximum absolute atomic E-state index is 14.4. The lowest BCUT2D eigenvalue weighted by Gasteiger charge is -2.32. The number of ether oxygens (including phenoxy) is 3. The third kappa shape index (κ3) is 6.37. The van der Waals surface area contributed by atoms with Gasteiger partial charge in [-0.25, -0.2) is 9.18 Å². The average molecular weight is 416 g/mol. The van der Waals surface area contributed by atoms with Gasteiger partial charge in [-0.3, -0.25) is 4.90 Å². The summed E-state index contributed by atoms with van der Waals surface area (Å²) in [6.45, 7) is 15.1. The van der Waals surface area contributed by atoms with Crippen LogP contribution in [-0.2, 0) is 19.6 Å². The number of rotatable bonds is 6. The molecule has 1 aliphatic heterocycles. The number of halogens is 1. The molecule has 0 saturated carbocycles. The summed E-state index contributed by atoms with van der Waals surface area (Å²) >= 11 is 0. The van der Waals surface area contributed by atoms with Crippen molar-refractivity contribution in [3.05, 3.63) is 11.7 Å². The van der Waals surface area contributed by atoms with Crippen molar-refractivity contribution in [1.82, 2.24) is 15.0 Å². The molecule has 29 heavy (non-hydrogen) atoms. The van der Waals surface area contributed by atoms with Gasteiger partial charge >= 0.3 is 6.09 Å². The van der Waals surface area contributed by atoms with Crippen LogP contribution >= 0.6 is 0 Å². The Balaban J connectivity index is 2.35. The molecule has 0 aromatic carbocycles. The van der Waals surface area contributed by atoms with Gasteiger partial charge in [0.15, 0.2) is 6.29 Å². The highest BCUT2D eigenvalue weighted by molar-refractivity contribution is 5.69. The van der Waals surface area contributed by atoms with Crippen LogP contribution in [0.3, 0.4) is 0 Å². The monoisotopic (exact) mass is 415 g/mol. The lowest BCUT2D eigenvalue weighted by molar-refractivity contribution is -0.174. The van der Waals surface area contributed by atoms with Crippen LogP contribution in [0.2, 0.25) is 0 Å². The largest absolute Gasteiger partial charge is 0.444 e. The molecular weight excluding hydrogens is 381 g/mol. The van der Waals surface area contributed by atoms with Gasteiger partial charge < -0.3 is 18.7 Å². The molecule has 0 radical (unpaired) electrons. The van der Waals surface area contributed by atoms with Gasteiger partial charge in [-0.1, -0.05) is 25.9 Å². The van der Waals surface area contributed by atoms with Gasteiger partial charge in [0.1, 0.15) is 17.9 Å². The summed E-state index contributed by atoms with van der Waals surface area (Å²) in [4.78, 5) is 18.5. The number of hydrogen-bond donors (Lipinski definition) is 0. The molecule has 0 N–H and O–H groups in total. The van der Waals surface area contributed by atoms with Crippen molar-refractivity contribution in [1.29, 1.82) is 0 Å². The van der Waals surface area contributed by atoms with Crippen LogP contribution in [0.4, 0.5) is 9.18 Å². The first kappa shape index (κ1) is 23.5. The highest BCUT2D eigenvalue weighted by Crippen LogP contribution is 2.35. The Kier molecular flexibility index (Phi) is 7.27. The number of nitrogens with zero attached hydrogens (tertiary/aromatic N) is 3. The average Bonchev–Trinajstić information content (AvgIpc) is 3.18. The van der Waals surface area contributed by atoms with Crippen molar-refractivity contribution >= 4 is 6.09 Å². The molecule has 0 bridgehead atoms. The second-order valence-corrected chi connectivity index (χ2v) is 9.32. The Morgan fingerprint density at radius 3 is 2.48 bits per heavy atom. The lowest BCUT2D eigenvalue weighted by atomic mass is 9.97. The Morgan fingerprint density at radius 2 is 1.97 bits per heavy atom. The normalized spacial score (nSPS) is 22.6. The summed E-state index contributed by atoms with van der Waals surface area (Å²) < 4.78 is 36.8. The summed E-state index contributed by atoms with van der Waals surface area (Å²) in [6.07, 6.45) is -3.12. The molecule has 2 heterocycles. The van der Waals surface area contributed by atoms with E-state index in [2.05, 4.69) is 10.1 Å². The van der Waals surface area contributed by atoms with Crippen LogP contribution in [0.5, 0.6) is 0 Å². The number of carbonyl (C=O) groups excluding carboxylic acids is 1. The standard InChI is InChI=1S/C20H34FN3O5/c1-9-26-12(2)27-15(16-22-17(29-23-16)19(3,4)5)14-10-13(21)11-24(14)18(25)28-20(6,7)8/h12-15H,9-11H2,1-8H3/t12?,13-,14+,15?/m0/s1. The number of aromatic nitrogens is 2. The summed E-state index contributed by atoms with van der Waals surface area (Å²) in [6, 6.07) is -0.645. The molecule has 4 atom stereocenters. The van der Waals surface area contributed by atoms with Crippen LogP contribution in [-0.4, -0.2) is 58.4 Å². The molecule has 1 amide bonds. The third-order valence-electron chi connectivity index (χ3n) is 4.35. The second-order valence-electron chi connectivity index (χ2n) is 9.32. The van der Waals surface area contributed by atoms with Crippen molar-refractivity contribution in [2.45, 2.75) is 97.4 Å². The molecule has 8 nitrogen and oxygen atoms in total. The van der Waals surface area contributed by atoms with Gasteiger partial charge in [0.2, 0.25) is 11.7 Å². The molecule has 166 valence electrons. The Labute approximate surface area is 172 Å². The highest BCUT2D eigenvalue weighted by atomic mass is 19.1. The van der Waals surface area contributed by atoms with Crippen LogP contribution in [0, 0.1) is 0 Å². The molecule has 1 aliphatic rings. The maximum Gasteiger partial charge on any atom is 0.410 e. The topological polar surface area (TPSA) is 86.9 Å².